The Morgan fingerprint density at radius 1 is 1.47 bits per heavy atom. The summed E-state index contributed by atoms with van der Waals surface area (Å²) in [7, 11) is 3.68. The summed E-state index contributed by atoms with van der Waals surface area (Å²) in [5, 5.41) is 10.4. The molecule has 0 radical (unpaired) electrons. The summed E-state index contributed by atoms with van der Waals surface area (Å²) in [6.07, 6.45) is 0.994. The fourth-order valence-corrected chi connectivity index (χ4v) is 3.07. The monoisotopic (exact) mass is 264 g/mol. The lowest BCUT2D eigenvalue weighted by molar-refractivity contribution is 0.299. The van der Waals surface area contributed by atoms with Gasteiger partial charge in [0.25, 0.3) is 0 Å². The minimum absolute atomic E-state index is 0.224. The number of hydrogen-bond donors (Lipinski definition) is 2. The van der Waals surface area contributed by atoms with Gasteiger partial charge in [0.2, 0.25) is 0 Å². The molecule has 3 N–H and O–H groups in total. The van der Waals surface area contributed by atoms with Crippen LogP contribution < -0.4 is 10.5 Å². The van der Waals surface area contributed by atoms with Gasteiger partial charge in [0.1, 0.15) is 0 Å². The number of nitrogens with two attached hydrogens (primary N) is 1. The van der Waals surface area contributed by atoms with Crippen molar-refractivity contribution in [3.05, 3.63) is 22.8 Å². The highest BCUT2D eigenvalue weighted by molar-refractivity contribution is 5.54. The zero-order chi connectivity index (χ0) is 14.2. The first kappa shape index (κ1) is 14.2. The Kier molecular flexibility index (Phi) is 4.02. The molecule has 2 unspecified atom stereocenters. The van der Waals surface area contributed by atoms with Crippen LogP contribution in [0.5, 0.6) is 11.5 Å². The van der Waals surface area contributed by atoms with Gasteiger partial charge in [-0.1, -0.05) is 0 Å². The quantitative estimate of drug-likeness (QED) is 0.876. The number of phenols is 1. The molecule has 0 spiro atoms. The second-order valence-corrected chi connectivity index (χ2v) is 5.58. The summed E-state index contributed by atoms with van der Waals surface area (Å²) in [6, 6.07) is 2.12. The maximum atomic E-state index is 10.4. The summed E-state index contributed by atoms with van der Waals surface area (Å²) in [6.45, 7) is 5.80. The fourth-order valence-electron chi connectivity index (χ4n) is 3.07. The fraction of sp³-hybridized carbons (Fsp3) is 0.600. The maximum Gasteiger partial charge on any atom is 0.162 e. The first-order valence-electron chi connectivity index (χ1n) is 6.76. The van der Waals surface area contributed by atoms with E-state index in [1.165, 1.54) is 0 Å². The topological polar surface area (TPSA) is 58.7 Å². The Balaban J connectivity index is 2.47. The maximum absolute atomic E-state index is 10.4. The molecule has 4 heteroatoms. The number of hydrogen-bond acceptors (Lipinski definition) is 4. The van der Waals surface area contributed by atoms with Crippen LogP contribution in [-0.4, -0.2) is 37.3 Å². The molecule has 1 aliphatic rings. The summed E-state index contributed by atoms with van der Waals surface area (Å²) >= 11 is 0. The van der Waals surface area contributed by atoms with Gasteiger partial charge in [-0.2, -0.15) is 0 Å². The molecule has 19 heavy (non-hydrogen) atoms. The standard InChI is InChI=1S/C15H24N2O2/c1-9-5-13(19-4)15(18)14(10(9)2)12-6-11(7-16)8-17(12)3/h5,11-12,18H,6-8,16H2,1-4H3. The van der Waals surface area contributed by atoms with Crippen molar-refractivity contribution in [2.75, 3.05) is 27.2 Å². The molecule has 1 aromatic rings. The molecule has 2 atom stereocenters. The Morgan fingerprint density at radius 3 is 2.68 bits per heavy atom. The molecule has 4 nitrogen and oxygen atoms in total. The second-order valence-electron chi connectivity index (χ2n) is 5.58. The van der Waals surface area contributed by atoms with E-state index in [2.05, 4.69) is 25.8 Å². The van der Waals surface area contributed by atoms with E-state index < -0.39 is 0 Å². The Bertz CT molecular complexity index is 474. The van der Waals surface area contributed by atoms with Gasteiger partial charge < -0.3 is 15.6 Å². The van der Waals surface area contributed by atoms with E-state index in [0.717, 1.165) is 29.7 Å². The third-order valence-corrected chi connectivity index (χ3v) is 4.35. The highest BCUT2D eigenvalue weighted by atomic mass is 16.5. The number of aryl methyl sites for hydroxylation is 1. The summed E-state index contributed by atoms with van der Waals surface area (Å²) in [5.74, 6) is 1.34. The van der Waals surface area contributed by atoms with Gasteiger partial charge in [-0.15, -0.1) is 0 Å². The zero-order valence-corrected chi connectivity index (χ0v) is 12.2. The Hall–Kier alpha value is -1.26. The van der Waals surface area contributed by atoms with Crippen LogP contribution in [0.4, 0.5) is 0 Å². The number of aromatic hydroxyl groups is 1. The van der Waals surface area contributed by atoms with Gasteiger partial charge in [-0.25, -0.2) is 0 Å². The van der Waals surface area contributed by atoms with Gasteiger partial charge >= 0.3 is 0 Å². The lowest BCUT2D eigenvalue weighted by Crippen LogP contribution is -2.21. The van der Waals surface area contributed by atoms with Gasteiger partial charge in [0, 0.05) is 18.2 Å². The average molecular weight is 264 g/mol. The lowest BCUT2D eigenvalue weighted by atomic mass is 9.92. The summed E-state index contributed by atoms with van der Waals surface area (Å²) in [4.78, 5) is 2.28. The number of likely N-dealkylation sites (tertiary alicyclic amines) is 1. The molecule has 1 fully saturated rings. The molecule has 0 bridgehead atoms. The molecule has 1 heterocycles. The van der Waals surface area contributed by atoms with Crippen LogP contribution in [-0.2, 0) is 0 Å². The second kappa shape index (κ2) is 5.39. The van der Waals surface area contributed by atoms with Crippen LogP contribution in [0.3, 0.4) is 0 Å². The number of nitrogens with zero attached hydrogens (tertiary/aromatic N) is 1. The SMILES string of the molecule is COc1cc(C)c(C)c(C2CC(CN)CN2C)c1O. The number of rotatable bonds is 3. The van der Waals surface area contributed by atoms with E-state index in [1.807, 2.05) is 6.07 Å². The van der Waals surface area contributed by atoms with E-state index in [0.29, 0.717) is 18.2 Å². The molecule has 0 saturated carbocycles. The molecule has 0 aromatic heterocycles. The Labute approximate surface area is 115 Å². The van der Waals surface area contributed by atoms with E-state index in [9.17, 15) is 5.11 Å². The number of benzene rings is 1. The minimum atomic E-state index is 0.224. The van der Waals surface area contributed by atoms with Crippen LogP contribution in [0, 0.1) is 19.8 Å². The lowest BCUT2D eigenvalue weighted by Gasteiger charge is -2.24. The largest absolute Gasteiger partial charge is 0.504 e. The third kappa shape index (κ3) is 2.42. The molecule has 2 rings (SSSR count). The molecular formula is C15H24N2O2. The molecule has 1 saturated heterocycles. The van der Waals surface area contributed by atoms with Crippen molar-refractivity contribution in [2.45, 2.75) is 26.3 Å². The van der Waals surface area contributed by atoms with E-state index in [1.54, 1.807) is 7.11 Å². The van der Waals surface area contributed by atoms with Crippen LogP contribution >= 0.6 is 0 Å². The van der Waals surface area contributed by atoms with Crippen molar-refractivity contribution in [1.82, 2.24) is 4.90 Å². The zero-order valence-electron chi connectivity index (χ0n) is 12.2. The van der Waals surface area contributed by atoms with Crippen molar-refractivity contribution in [1.29, 1.82) is 0 Å². The third-order valence-electron chi connectivity index (χ3n) is 4.35. The highest BCUT2D eigenvalue weighted by Crippen LogP contribution is 2.44. The van der Waals surface area contributed by atoms with E-state index in [-0.39, 0.29) is 11.8 Å². The predicted molar refractivity (Wildman–Crippen MR) is 76.7 cm³/mol. The first-order chi connectivity index (χ1) is 8.99. The highest BCUT2D eigenvalue weighted by Gasteiger charge is 2.33. The van der Waals surface area contributed by atoms with Crippen LogP contribution in [0.2, 0.25) is 0 Å². The van der Waals surface area contributed by atoms with Crippen LogP contribution in [0.15, 0.2) is 6.07 Å². The summed E-state index contributed by atoms with van der Waals surface area (Å²) < 4.78 is 5.28. The van der Waals surface area contributed by atoms with E-state index >= 15 is 0 Å². The number of methoxy groups -OCH3 is 1. The number of ether oxygens (including phenoxy) is 1. The molecule has 0 aliphatic carbocycles. The van der Waals surface area contributed by atoms with Gasteiger partial charge in [0.05, 0.1) is 7.11 Å². The van der Waals surface area contributed by atoms with Crippen molar-refractivity contribution in [2.24, 2.45) is 11.7 Å². The smallest absolute Gasteiger partial charge is 0.162 e. The van der Waals surface area contributed by atoms with Crippen molar-refractivity contribution in [3.8, 4) is 11.5 Å². The summed E-state index contributed by atoms with van der Waals surface area (Å²) in [5.41, 5.74) is 9.07. The van der Waals surface area contributed by atoms with Crippen LogP contribution in [0.1, 0.15) is 29.2 Å². The van der Waals surface area contributed by atoms with Gasteiger partial charge in [-0.3, -0.25) is 4.90 Å². The van der Waals surface area contributed by atoms with Crippen molar-refractivity contribution in [3.63, 3.8) is 0 Å². The van der Waals surface area contributed by atoms with E-state index in [4.69, 9.17) is 10.5 Å². The van der Waals surface area contributed by atoms with Crippen molar-refractivity contribution < 1.29 is 9.84 Å². The Morgan fingerprint density at radius 2 is 2.16 bits per heavy atom. The normalized spacial score (nSPS) is 23.8. The minimum Gasteiger partial charge on any atom is -0.504 e. The van der Waals surface area contributed by atoms with Gasteiger partial charge in [-0.05, 0) is 57.0 Å². The molecule has 1 aromatic carbocycles. The molecule has 1 aliphatic heterocycles. The van der Waals surface area contributed by atoms with Crippen LogP contribution in [0.25, 0.3) is 0 Å². The molecule has 0 amide bonds. The number of phenolic OH excluding ortho intramolecular Hbond substituents is 1. The molecular weight excluding hydrogens is 240 g/mol. The molecule has 106 valence electrons. The predicted octanol–water partition coefficient (Wildman–Crippen LogP) is 1.97. The van der Waals surface area contributed by atoms with Gasteiger partial charge in [0.15, 0.2) is 11.5 Å². The average Bonchev–Trinajstić information content (AvgIpc) is 2.76. The first-order valence-corrected chi connectivity index (χ1v) is 6.76. The van der Waals surface area contributed by atoms with Crippen molar-refractivity contribution >= 4 is 0 Å².